The number of nitrogens with zero attached hydrogens (tertiary/aromatic N) is 2. The second-order valence-electron chi connectivity index (χ2n) is 4.49. The van der Waals surface area contributed by atoms with Gasteiger partial charge in [-0.25, -0.2) is 25.3 Å². The highest BCUT2D eigenvalue weighted by atomic mass is 32.1. The van der Waals surface area contributed by atoms with E-state index >= 15 is 0 Å². The largest absolute Gasteiger partial charge is 0.416 e. The summed E-state index contributed by atoms with van der Waals surface area (Å²) >= 11 is 3.99. The molecule has 6 nitrogen and oxygen atoms in total. The van der Waals surface area contributed by atoms with E-state index in [4.69, 9.17) is 5.84 Å². The summed E-state index contributed by atoms with van der Waals surface area (Å²) in [6.45, 7) is 1.36. The first kappa shape index (κ1) is 15.4. The van der Waals surface area contributed by atoms with E-state index in [0.717, 1.165) is 12.1 Å². The molecule has 0 spiro atoms. The van der Waals surface area contributed by atoms with Gasteiger partial charge in [0.2, 0.25) is 0 Å². The van der Waals surface area contributed by atoms with Gasteiger partial charge in [-0.2, -0.15) is 13.2 Å². The van der Waals surface area contributed by atoms with Crippen molar-refractivity contribution in [2.45, 2.75) is 18.1 Å². The molecule has 0 radical (unpaired) electrons. The van der Waals surface area contributed by atoms with Crippen molar-refractivity contribution in [2.24, 2.45) is 5.84 Å². The Balaban J connectivity index is 2.43. The molecule has 0 aliphatic carbocycles. The molecule has 0 aromatic heterocycles. The van der Waals surface area contributed by atoms with Gasteiger partial charge in [-0.3, -0.25) is 0 Å². The van der Waals surface area contributed by atoms with Gasteiger partial charge in [0.25, 0.3) is 0 Å². The Bertz CT molecular complexity index is 605. The molecule has 1 atom stereocenters. The number of hydrogen-bond acceptors (Lipinski definition) is 4. The molecule has 1 heterocycles. The number of benzene rings is 1. The topological polar surface area (TPSA) is 78.7 Å². The molecular formula is C11H11F3N4O2S. The summed E-state index contributed by atoms with van der Waals surface area (Å²) in [5.74, 6) is 5.50. The number of nitrogens with two attached hydrogens (primary N) is 1. The van der Waals surface area contributed by atoms with E-state index in [9.17, 15) is 22.8 Å². The molecule has 114 valence electrons. The van der Waals surface area contributed by atoms with Gasteiger partial charge in [0, 0.05) is 0 Å². The Morgan fingerprint density at radius 1 is 1.33 bits per heavy atom. The highest BCUT2D eigenvalue weighted by molar-refractivity contribution is 7.81. The molecule has 1 fully saturated rings. The van der Waals surface area contributed by atoms with Crippen LogP contribution in [0.3, 0.4) is 0 Å². The van der Waals surface area contributed by atoms with Gasteiger partial charge >= 0.3 is 18.2 Å². The Morgan fingerprint density at radius 3 is 2.52 bits per heavy atom. The van der Waals surface area contributed by atoms with E-state index in [0.29, 0.717) is 16.0 Å². The molecule has 21 heavy (non-hydrogen) atoms. The molecule has 3 N–H and O–H groups in total. The number of imide groups is 1. The SMILES string of the molecule is CC1(S)NC(=O)N(c2cccc(C(F)(F)F)c2)C(=O)N1N. The average Bonchev–Trinajstić information content (AvgIpc) is 2.35. The van der Waals surface area contributed by atoms with Crippen LogP contribution in [0.5, 0.6) is 0 Å². The molecule has 2 rings (SSSR count). The zero-order valence-corrected chi connectivity index (χ0v) is 11.6. The fourth-order valence-corrected chi connectivity index (χ4v) is 1.93. The van der Waals surface area contributed by atoms with E-state index < -0.39 is 28.8 Å². The first-order valence-corrected chi connectivity index (χ1v) is 6.09. The van der Waals surface area contributed by atoms with E-state index in [1.165, 1.54) is 13.0 Å². The maximum atomic E-state index is 12.7. The molecule has 0 bridgehead atoms. The minimum Gasteiger partial charge on any atom is -0.305 e. The van der Waals surface area contributed by atoms with Crippen LogP contribution in [0.25, 0.3) is 0 Å². The Hall–Kier alpha value is -1.94. The minimum atomic E-state index is -4.59. The monoisotopic (exact) mass is 320 g/mol. The van der Waals surface area contributed by atoms with Crippen LogP contribution in [0.15, 0.2) is 24.3 Å². The van der Waals surface area contributed by atoms with Gasteiger partial charge in [-0.05, 0) is 25.1 Å². The molecule has 1 aliphatic heterocycles. The molecule has 1 aliphatic rings. The number of rotatable bonds is 1. The molecule has 1 unspecified atom stereocenters. The molecular weight excluding hydrogens is 309 g/mol. The lowest BCUT2D eigenvalue weighted by molar-refractivity contribution is -0.137. The molecule has 0 saturated carbocycles. The molecule has 1 aromatic rings. The summed E-state index contributed by atoms with van der Waals surface area (Å²) in [4.78, 5) is 23.0. The number of urea groups is 2. The van der Waals surface area contributed by atoms with Gasteiger partial charge in [-0.15, -0.1) is 12.6 Å². The summed E-state index contributed by atoms with van der Waals surface area (Å²) in [6.07, 6.45) is -4.59. The van der Waals surface area contributed by atoms with Gasteiger partial charge in [0.15, 0.2) is 4.99 Å². The number of carbonyl (C=O) groups excluding carboxylic acids is 2. The molecule has 10 heteroatoms. The summed E-state index contributed by atoms with van der Waals surface area (Å²) in [7, 11) is 0. The van der Waals surface area contributed by atoms with Gasteiger partial charge in [0.05, 0.1) is 11.3 Å². The van der Waals surface area contributed by atoms with E-state index in [1.54, 1.807) is 0 Å². The van der Waals surface area contributed by atoms with Gasteiger partial charge < -0.3 is 5.32 Å². The maximum Gasteiger partial charge on any atom is 0.416 e. The number of hydrazine groups is 1. The summed E-state index contributed by atoms with van der Waals surface area (Å²) in [5.41, 5.74) is -1.23. The normalized spacial score (nSPS) is 23.3. The quantitative estimate of drug-likeness (QED) is 0.421. The first-order valence-electron chi connectivity index (χ1n) is 5.65. The Kier molecular flexibility index (Phi) is 3.54. The summed E-state index contributed by atoms with van der Waals surface area (Å²) < 4.78 is 38.0. The summed E-state index contributed by atoms with van der Waals surface area (Å²) in [6, 6.07) is 1.90. The molecule has 1 aromatic carbocycles. The lowest BCUT2D eigenvalue weighted by atomic mass is 10.2. The second kappa shape index (κ2) is 4.81. The first-order chi connectivity index (χ1) is 9.54. The van der Waals surface area contributed by atoms with Crippen LogP contribution in [-0.2, 0) is 6.18 Å². The predicted molar refractivity (Wildman–Crippen MR) is 71.3 cm³/mol. The van der Waals surface area contributed by atoms with Crippen LogP contribution in [0.1, 0.15) is 12.5 Å². The number of thiol groups is 1. The highest BCUT2D eigenvalue weighted by Gasteiger charge is 2.44. The van der Waals surface area contributed by atoms with Crippen LogP contribution in [-0.4, -0.2) is 22.1 Å². The lowest BCUT2D eigenvalue weighted by Gasteiger charge is -2.42. The van der Waals surface area contributed by atoms with Crippen molar-refractivity contribution >= 4 is 30.4 Å². The standard InChI is InChI=1S/C11H11F3N4O2S/c1-10(21)16-8(19)17(9(20)18(10)15)7-4-2-3-6(5-7)11(12,13)14/h2-5,21H,15H2,1H3,(H,16,19). The third-order valence-corrected chi connectivity index (χ3v) is 3.17. The van der Waals surface area contributed by atoms with Crippen LogP contribution >= 0.6 is 12.6 Å². The third kappa shape index (κ3) is 2.76. The van der Waals surface area contributed by atoms with E-state index in [1.807, 2.05) is 0 Å². The van der Waals surface area contributed by atoms with Crippen LogP contribution in [0, 0.1) is 0 Å². The molecule has 1 saturated heterocycles. The van der Waals surface area contributed by atoms with Crippen molar-refractivity contribution < 1.29 is 22.8 Å². The zero-order valence-electron chi connectivity index (χ0n) is 10.7. The number of anilines is 1. The van der Waals surface area contributed by atoms with Crippen LogP contribution < -0.4 is 16.1 Å². The number of carbonyl (C=O) groups is 2. The zero-order chi connectivity index (χ0) is 16.0. The lowest BCUT2D eigenvalue weighted by Crippen LogP contribution is -2.71. The van der Waals surface area contributed by atoms with Crippen molar-refractivity contribution in [3.8, 4) is 0 Å². The summed E-state index contributed by atoms with van der Waals surface area (Å²) in [5, 5.41) is 2.90. The van der Waals surface area contributed by atoms with Gasteiger partial charge in [-0.1, -0.05) is 6.07 Å². The number of hydrogen-bond donors (Lipinski definition) is 3. The smallest absolute Gasteiger partial charge is 0.305 e. The molecule has 4 amide bonds. The number of halogens is 3. The number of nitrogens with one attached hydrogen (secondary N) is 1. The predicted octanol–water partition coefficient (Wildman–Crippen LogP) is 2.13. The fourth-order valence-electron chi connectivity index (χ4n) is 1.75. The van der Waals surface area contributed by atoms with Crippen molar-refractivity contribution in [3.63, 3.8) is 0 Å². The van der Waals surface area contributed by atoms with Gasteiger partial charge in [0.1, 0.15) is 0 Å². The van der Waals surface area contributed by atoms with Crippen LogP contribution in [0.4, 0.5) is 28.4 Å². The van der Waals surface area contributed by atoms with Crippen molar-refractivity contribution in [3.05, 3.63) is 29.8 Å². The van der Waals surface area contributed by atoms with E-state index in [2.05, 4.69) is 17.9 Å². The fraction of sp³-hybridized carbons (Fsp3) is 0.273. The third-order valence-electron chi connectivity index (χ3n) is 2.84. The number of amides is 4. The van der Waals surface area contributed by atoms with Crippen molar-refractivity contribution in [1.82, 2.24) is 10.3 Å². The highest BCUT2D eigenvalue weighted by Crippen LogP contribution is 2.33. The maximum absolute atomic E-state index is 12.7. The Labute approximate surface area is 123 Å². The average molecular weight is 320 g/mol. The van der Waals surface area contributed by atoms with Crippen molar-refractivity contribution in [1.29, 1.82) is 0 Å². The number of alkyl halides is 3. The van der Waals surface area contributed by atoms with Crippen LogP contribution in [0.2, 0.25) is 0 Å². The second-order valence-corrected chi connectivity index (χ2v) is 5.36. The minimum absolute atomic E-state index is 0.244. The van der Waals surface area contributed by atoms with E-state index in [-0.39, 0.29) is 5.69 Å². The Morgan fingerprint density at radius 2 is 1.95 bits per heavy atom. The van der Waals surface area contributed by atoms with Crippen molar-refractivity contribution in [2.75, 3.05) is 4.90 Å².